The predicted molar refractivity (Wildman–Crippen MR) is 72.4 cm³/mol. The molecule has 0 aliphatic heterocycles. The van der Waals surface area contributed by atoms with Gasteiger partial charge in [-0.15, -0.1) is 0 Å². The number of anilines is 1. The van der Waals surface area contributed by atoms with E-state index in [9.17, 15) is 9.59 Å². The lowest BCUT2D eigenvalue weighted by molar-refractivity contribution is 0.999. The largest absolute Gasteiger partial charge is 0.377 e. The van der Waals surface area contributed by atoms with E-state index in [-0.39, 0.29) is 6.54 Å². The Kier molecular flexibility index (Phi) is 3.58. The summed E-state index contributed by atoms with van der Waals surface area (Å²) in [5.41, 5.74) is 7.63. The zero-order valence-electron chi connectivity index (χ0n) is 10.3. The van der Waals surface area contributed by atoms with Crippen molar-refractivity contribution in [1.29, 1.82) is 0 Å². The van der Waals surface area contributed by atoms with Crippen molar-refractivity contribution < 1.29 is 0 Å². The summed E-state index contributed by atoms with van der Waals surface area (Å²) < 4.78 is 0. The molecule has 0 radical (unpaired) electrons. The van der Waals surface area contributed by atoms with Gasteiger partial charge in [0.25, 0.3) is 0 Å². The van der Waals surface area contributed by atoms with Crippen LogP contribution in [0.25, 0.3) is 0 Å². The summed E-state index contributed by atoms with van der Waals surface area (Å²) in [6.07, 6.45) is 0.974. The molecule has 94 valence electrons. The first-order valence-electron chi connectivity index (χ1n) is 6.01. The second-order valence-corrected chi connectivity index (χ2v) is 4.24. The van der Waals surface area contributed by atoms with Gasteiger partial charge in [-0.3, -0.25) is 9.59 Å². The van der Waals surface area contributed by atoms with E-state index in [2.05, 4.69) is 24.4 Å². The highest BCUT2D eigenvalue weighted by Gasteiger charge is 2.18. The molecule has 18 heavy (non-hydrogen) atoms. The molecule has 0 unspecified atom stereocenters. The zero-order chi connectivity index (χ0) is 13.1. The molecule has 0 atom stereocenters. The van der Waals surface area contributed by atoms with Gasteiger partial charge in [0.1, 0.15) is 0 Å². The molecule has 0 aromatic heterocycles. The average Bonchev–Trinajstić information content (AvgIpc) is 2.42. The van der Waals surface area contributed by atoms with Gasteiger partial charge in [-0.1, -0.05) is 31.2 Å². The molecule has 2 aromatic rings. The summed E-state index contributed by atoms with van der Waals surface area (Å²) in [6, 6.07) is 8.12. The number of benzene rings is 1. The van der Waals surface area contributed by atoms with Crippen LogP contribution in [0.15, 0.2) is 33.9 Å². The number of hydrogen-bond donors (Lipinski definition) is 2. The first kappa shape index (κ1) is 12.5. The van der Waals surface area contributed by atoms with E-state index < -0.39 is 10.9 Å². The maximum absolute atomic E-state index is 11.3. The van der Waals surface area contributed by atoms with Crippen LogP contribution in [0.4, 0.5) is 5.69 Å². The van der Waals surface area contributed by atoms with Crippen LogP contribution in [-0.2, 0) is 19.5 Å². The SMILES string of the molecule is CCc1cccc(CNc2c(CN)c(=O)c2=O)c1. The summed E-state index contributed by atoms with van der Waals surface area (Å²) in [4.78, 5) is 22.5. The van der Waals surface area contributed by atoms with Crippen LogP contribution >= 0.6 is 0 Å². The Labute approximate surface area is 105 Å². The van der Waals surface area contributed by atoms with Crippen LogP contribution in [0, 0.1) is 0 Å². The van der Waals surface area contributed by atoms with Gasteiger partial charge in [-0.2, -0.15) is 0 Å². The third-order valence-electron chi connectivity index (χ3n) is 3.08. The molecule has 0 heterocycles. The first-order chi connectivity index (χ1) is 8.67. The van der Waals surface area contributed by atoms with Gasteiger partial charge in [0.2, 0.25) is 10.9 Å². The summed E-state index contributed by atoms with van der Waals surface area (Å²) >= 11 is 0. The second-order valence-electron chi connectivity index (χ2n) is 4.24. The molecule has 0 saturated heterocycles. The van der Waals surface area contributed by atoms with E-state index in [0.717, 1.165) is 12.0 Å². The number of hydrogen-bond acceptors (Lipinski definition) is 4. The lowest BCUT2D eigenvalue weighted by atomic mass is 10.1. The average molecular weight is 244 g/mol. The van der Waals surface area contributed by atoms with Gasteiger partial charge in [-0.05, 0) is 17.5 Å². The maximum atomic E-state index is 11.3. The number of nitrogens with two attached hydrogens (primary N) is 1. The van der Waals surface area contributed by atoms with Crippen LogP contribution in [0.5, 0.6) is 0 Å². The minimum absolute atomic E-state index is 0.113. The van der Waals surface area contributed by atoms with Crippen molar-refractivity contribution in [3.05, 3.63) is 61.4 Å². The molecular formula is C14H16N2O2. The van der Waals surface area contributed by atoms with E-state index in [0.29, 0.717) is 17.8 Å². The van der Waals surface area contributed by atoms with Gasteiger partial charge in [-0.25, -0.2) is 0 Å². The van der Waals surface area contributed by atoms with Gasteiger partial charge >= 0.3 is 0 Å². The molecule has 0 aliphatic carbocycles. The van der Waals surface area contributed by atoms with Gasteiger partial charge in [0, 0.05) is 18.7 Å². The number of aryl methyl sites for hydroxylation is 1. The minimum Gasteiger partial charge on any atom is -0.377 e. The van der Waals surface area contributed by atoms with E-state index in [1.807, 2.05) is 12.1 Å². The van der Waals surface area contributed by atoms with Crippen molar-refractivity contribution in [2.24, 2.45) is 5.73 Å². The fourth-order valence-electron chi connectivity index (χ4n) is 1.97. The Morgan fingerprint density at radius 1 is 1.17 bits per heavy atom. The lowest BCUT2D eigenvalue weighted by Crippen LogP contribution is -2.39. The van der Waals surface area contributed by atoms with Crippen molar-refractivity contribution in [3.8, 4) is 0 Å². The third-order valence-corrected chi connectivity index (χ3v) is 3.08. The number of rotatable bonds is 5. The van der Waals surface area contributed by atoms with E-state index in [1.165, 1.54) is 5.56 Å². The fourth-order valence-corrected chi connectivity index (χ4v) is 1.97. The Morgan fingerprint density at radius 3 is 2.56 bits per heavy atom. The Hall–Kier alpha value is -1.94. The van der Waals surface area contributed by atoms with E-state index >= 15 is 0 Å². The summed E-state index contributed by atoms with van der Waals surface area (Å²) in [5, 5.41) is 3.00. The molecule has 0 amide bonds. The smallest absolute Gasteiger partial charge is 0.249 e. The van der Waals surface area contributed by atoms with Crippen molar-refractivity contribution in [1.82, 2.24) is 0 Å². The van der Waals surface area contributed by atoms with Crippen LogP contribution in [-0.4, -0.2) is 0 Å². The molecule has 0 saturated carbocycles. The highest BCUT2D eigenvalue weighted by Crippen LogP contribution is 2.11. The van der Waals surface area contributed by atoms with Crippen LogP contribution in [0.2, 0.25) is 0 Å². The molecule has 2 rings (SSSR count). The van der Waals surface area contributed by atoms with Crippen molar-refractivity contribution in [3.63, 3.8) is 0 Å². The quantitative estimate of drug-likeness (QED) is 0.767. The van der Waals surface area contributed by atoms with Crippen molar-refractivity contribution in [2.75, 3.05) is 5.32 Å². The van der Waals surface area contributed by atoms with Gasteiger partial charge in [0.05, 0.1) is 5.69 Å². The molecule has 4 heteroatoms. The molecule has 2 aromatic carbocycles. The van der Waals surface area contributed by atoms with Gasteiger partial charge < -0.3 is 11.1 Å². The summed E-state index contributed by atoms with van der Waals surface area (Å²) in [7, 11) is 0. The fraction of sp³-hybridized carbons (Fsp3) is 0.286. The third kappa shape index (κ3) is 2.19. The molecule has 0 bridgehead atoms. The normalized spacial score (nSPS) is 10.8. The second kappa shape index (κ2) is 5.14. The van der Waals surface area contributed by atoms with Gasteiger partial charge in [0.15, 0.2) is 0 Å². The van der Waals surface area contributed by atoms with Crippen molar-refractivity contribution in [2.45, 2.75) is 26.4 Å². The standard InChI is InChI=1S/C14H16N2O2/c1-2-9-4-3-5-10(6-9)8-16-12-11(7-15)13(17)14(12)18/h3-6,16H,2,7-8,15H2,1H3. The Balaban J connectivity index is 2.10. The van der Waals surface area contributed by atoms with E-state index in [1.54, 1.807) is 0 Å². The predicted octanol–water partition coefficient (Wildman–Crippen LogP) is 0.916. The van der Waals surface area contributed by atoms with Crippen LogP contribution in [0.1, 0.15) is 23.6 Å². The summed E-state index contributed by atoms with van der Waals surface area (Å²) in [6.45, 7) is 2.74. The Bertz CT molecular complexity index is 625. The molecule has 4 nitrogen and oxygen atoms in total. The Morgan fingerprint density at radius 2 is 1.89 bits per heavy atom. The van der Waals surface area contributed by atoms with E-state index in [4.69, 9.17) is 5.73 Å². The first-order valence-corrected chi connectivity index (χ1v) is 6.01. The number of nitrogens with one attached hydrogen (secondary N) is 1. The van der Waals surface area contributed by atoms with Crippen LogP contribution in [0.3, 0.4) is 0 Å². The molecule has 0 aliphatic rings. The monoisotopic (exact) mass is 244 g/mol. The molecule has 0 fully saturated rings. The maximum Gasteiger partial charge on any atom is 0.249 e. The van der Waals surface area contributed by atoms with Crippen LogP contribution < -0.4 is 21.9 Å². The van der Waals surface area contributed by atoms with Crippen molar-refractivity contribution >= 4 is 5.69 Å². The highest BCUT2D eigenvalue weighted by atomic mass is 16.2. The molecule has 3 N–H and O–H groups in total. The molecule has 0 spiro atoms. The summed E-state index contributed by atoms with van der Waals surface area (Å²) in [5.74, 6) is 0. The topological polar surface area (TPSA) is 72.2 Å². The zero-order valence-corrected chi connectivity index (χ0v) is 10.3. The highest BCUT2D eigenvalue weighted by molar-refractivity contribution is 5.56. The molecular weight excluding hydrogens is 228 g/mol. The lowest BCUT2D eigenvalue weighted by Gasteiger charge is -2.12. The minimum atomic E-state index is -0.456.